The molecule has 1 aromatic heterocycles. The van der Waals surface area contributed by atoms with E-state index in [1.54, 1.807) is 6.20 Å². The van der Waals surface area contributed by atoms with Crippen molar-refractivity contribution in [3.8, 4) is 0 Å². The van der Waals surface area contributed by atoms with Crippen molar-refractivity contribution >= 4 is 5.91 Å². The molecule has 4 rings (SSSR count). The summed E-state index contributed by atoms with van der Waals surface area (Å²) >= 11 is 0. The quantitative estimate of drug-likeness (QED) is 0.898. The van der Waals surface area contributed by atoms with Gasteiger partial charge in [-0.05, 0) is 19.3 Å². The van der Waals surface area contributed by atoms with Crippen LogP contribution >= 0.6 is 0 Å². The lowest BCUT2D eigenvalue weighted by molar-refractivity contribution is -0.122. The van der Waals surface area contributed by atoms with Gasteiger partial charge >= 0.3 is 0 Å². The second-order valence-corrected chi connectivity index (χ2v) is 7.33. The predicted octanol–water partition coefficient (Wildman–Crippen LogP) is 1.26. The van der Waals surface area contributed by atoms with Crippen molar-refractivity contribution < 1.29 is 9.53 Å². The molecule has 0 spiro atoms. The van der Waals surface area contributed by atoms with E-state index in [4.69, 9.17) is 4.74 Å². The first-order valence-corrected chi connectivity index (χ1v) is 9.32. The monoisotopic (exact) mass is 333 g/mol. The van der Waals surface area contributed by atoms with Crippen LogP contribution in [0.15, 0.2) is 6.20 Å². The molecule has 132 valence electrons. The first-order chi connectivity index (χ1) is 11.8. The zero-order valence-corrected chi connectivity index (χ0v) is 14.2. The Bertz CT molecular complexity index is 569. The highest BCUT2D eigenvalue weighted by Crippen LogP contribution is 2.29. The Balaban J connectivity index is 1.27. The fourth-order valence-electron chi connectivity index (χ4n) is 4.25. The summed E-state index contributed by atoms with van der Waals surface area (Å²) in [5, 5.41) is 11.4. The van der Waals surface area contributed by atoms with Crippen LogP contribution in [0.5, 0.6) is 0 Å². The van der Waals surface area contributed by atoms with E-state index in [0.717, 1.165) is 44.6 Å². The summed E-state index contributed by atoms with van der Waals surface area (Å²) in [6.07, 6.45) is 9.69. The highest BCUT2D eigenvalue weighted by Gasteiger charge is 2.36. The Morgan fingerprint density at radius 1 is 1.29 bits per heavy atom. The number of piperidine rings is 1. The maximum Gasteiger partial charge on any atom is 0.221 e. The number of nitrogens with one attached hydrogen (secondary N) is 1. The molecule has 2 atom stereocenters. The fourth-order valence-corrected chi connectivity index (χ4v) is 4.25. The molecule has 1 saturated carbocycles. The number of likely N-dealkylation sites (tertiary alicyclic amines) is 1. The van der Waals surface area contributed by atoms with Gasteiger partial charge in [-0.2, -0.15) is 0 Å². The molecule has 1 N–H and O–H groups in total. The molecular formula is C17H27N5O2. The standard InChI is InChI=1S/C17H27N5O2/c23-17(19-13-4-2-1-3-5-13)7-9-21-8-6-16-15(11-21)22-14(12-24-16)10-18-20-22/h10,13,15-16H,1-9,11-12H2,(H,19,23)/t15-,16-/m1/s1. The second kappa shape index (κ2) is 7.19. The predicted molar refractivity (Wildman–Crippen MR) is 88.3 cm³/mol. The third-order valence-electron chi connectivity index (χ3n) is 5.64. The maximum atomic E-state index is 12.2. The topological polar surface area (TPSA) is 72.3 Å². The number of hydrogen-bond donors (Lipinski definition) is 1. The van der Waals surface area contributed by atoms with E-state index >= 15 is 0 Å². The molecule has 7 heteroatoms. The van der Waals surface area contributed by atoms with Gasteiger partial charge in [-0.25, -0.2) is 4.68 Å². The molecule has 1 amide bonds. The zero-order chi connectivity index (χ0) is 16.4. The Morgan fingerprint density at radius 3 is 3.04 bits per heavy atom. The number of ether oxygens (including phenoxy) is 1. The Morgan fingerprint density at radius 2 is 2.17 bits per heavy atom. The first kappa shape index (κ1) is 16.0. The van der Waals surface area contributed by atoms with E-state index in [0.29, 0.717) is 19.1 Å². The van der Waals surface area contributed by atoms with Crippen molar-refractivity contribution in [3.05, 3.63) is 11.9 Å². The van der Waals surface area contributed by atoms with E-state index in [9.17, 15) is 4.79 Å². The summed E-state index contributed by atoms with van der Waals surface area (Å²) in [4.78, 5) is 14.6. The van der Waals surface area contributed by atoms with Gasteiger partial charge in [0, 0.05) is 32.1 Å². The Kier molecular flexibility index (Phi) is 4.80. The molecule has 1 aromatic rings. The fraction of sp³-hybridized carbons (Fsp3) is 0.824. The van der Waals surface area contributed by atoms with Gasteiger partial charge in [0.25, 0.3) is 0 Å². The molecule has 0 radical (unpaired) electrons. The van der Waals surface area contributed by atoms with Crippen LogP contribution < -0.4 is 5.32 Å². The second-order valence-electron chi connectivity index (χ2n) is 7.33. The third-order valence-corrected chi connectivity index (χ3v) is 5.64. The van der Waals surface area contributed by atoms with E-state index in [1.807, 2.05) is 4.68 Å². The summed E-state index contributed by atoms with van der Waals surface area (Å²) in [5.74, 6) is 0.199. The van der Waals surface area contributed by atoms with Crippen LogP contribution in [0, 0.1) is 0 Å². The number of nitrogens with zero attached hydrogens (tertiary/aromatic N) is 4. The number of aromatic nitrogens is 3. The molecular weight excluding hydrogens is 306 g/mol. The molecule has 24 heavy (non-hydrogen) atoms. The van der Waals surface area contributed by atoms with Crippen molar-refractivity contribution in [1.82, 2.24) is 25.2 Å². The molecule has 0 aromatic carbocycles. The average Bonchev–Trinajstić information content (AvgIpc) is 3.10. The number of carbonyl (C=O) groups is 1. The van der Waals surface area contributed by atoms with Crippen LogP contribution in [0.2, 0.25) is 0 Å². The highest BCUT2D eigenvalue weighted by atomic mass is 16.5. The largest absolute Gasteiger partial charge is 0.370 e. The first-order valence-electron chi connectivity index (χ1n) is 9.32. The number of fused-ring (bicyclic) bond motifs is 3. The minimum absolute atomic E-state index is 0.199. The van der Waals surface area contributed by atoms with Crippen molar-refractivity contribution in [2.24, 2.45) is 0 Å². The molecule has 2 fully saturated rings. The average molecular weight is 333 g/mol. The Hall–Kier alpha value is -1.47. The normalized spacial score (nSPS) is 28.2. The van der Waals surface area contributed by atoms with E-state index in [-0.39, 0.29) is 18.1 Å². The van der Waals surface area contributed by atoms with Gasteiger partial charge in [0.2, 0.25) is 5.91 Å². The molecule has 7 nitrogen and oxygen atoms in total. The molecule has 2 aliphatic heterocycles. The molecule has 1 aliphatic carbocycles. The van der Waals surface area contributed by atoms with Crippen molar-refractivity contribution in [2.75, 3.05) is 19.6 Å². The molecule has 3 aliphatic rings. The van der Waals surface area contributed by atoms with Crippen LogP contribution in [0.25, 0.3) is 0 Å². The van der Waals surface area contributed by atoms with Crippen molar-refractivity contribution in [2.45, 2.75) is 69.7 Å². The summed E-state index contributed by atoms with van der Waals surface area (Å²) in [6, 6.07) is 0.632. The third kappa shape index (κ3) is 3.47. The summed E-state index contributed by atoms with van der Waals surface area (Å²) in [5.41, 5.74) is 1.05. The van der Waals surface area contributed by atoms with Crippen LogP contribution in [-0.4, -0.2) is 57.6 Å². The van der Waals surface area contributed by atoms with Gasteiger partial charge in [-0.3, -0.25) is 4.79 Å². The van der Waals surface area contributed by atoms with Gasteiger partial charge in [0.05, 0.1) is 30.6 Å². The highest BCUT2D eigenvalue weighted by molar-refractivity contribution is 5.76. The zero-order valence-electron chi connectivity index (χ0n) is 14.2. The van der Waals surface area contributed by atoms with E-state index in [1.165, 1.54) is 19.3 Å². The van der Waals surface area contributed by atoms with Gasteiger partial charge < -0.3 is 15.0 Å². The van der Waals surface area contributed by atoms with Gasteiger partial charge in [0.15, 0.2) is 0 Å². The van der Waals surface area contributed by atoms with Crippen LogP contribution in [-0.2, 0) is 16.1 Å². The van der Waals surface area contributed by atoms with Crippen LogP contribution in [0.1, 0.15) is 56.7 Å². The van der Waals surface area contributed by atoms with Crippen LogP contribution in [0.4, 0.5) is 0 Å². The number of amides is 1. The van der Waals surface area contributed by atoms with Crippen LogP contribution in [0.3, 0.4) is 0 Å². The molecule has 0 unspecified atom stereocenters. The number of rotatable bonds is 4. The lowest BCUT2D eigenvalue weighted by Crippen LogP contribution is -2.48. The molecule has 3 heterocycles. The smallest absolute Gasteiger partial charge is 0.221 e. The number of hydrogen-bond acceptors (Lipinski definition) is 5. The molecule has 0 bridgehead atoms. The lowest BCUT2D eigenvalue weighted by atomic mass is 9.95. The minimum Gasteiger partial charge on any atom is -0.370 e. The maximum absolute atomic E-state index is 12.2. The number of carbonyl (C=O) groups excluding carboxylic acids is 1. The van der Waals surface area contributed by atoms with E-state index < -0.39 is 0 Å². The summed E-state index contributed by atoms with van der Waals surface area (Å²) in [6.45, 7) is 3.30. The summed E-state index contributed by atoms with van der Waals surface area (Å²) in [7, 11) is 0. The SMILES string of the molecule is O=C(CCN1CC[C@H]2OCc3cnnn3[C@@H]2C1)NC1CCCCC1. The van der Waals surface area contributed by atoms with E-state index in [2.05, 4.69) is 20.5 Å². The summed E-state index contributed by atoms with van der Waals surface area (Å²) < 4.78 is 7.95. The van der Waals surface area contributed by atoms with Crippen molar-refractivity contribution in [3.63, 3.8) is 0 Å². The Labute approximate surface area is 142 Å². The van der Waals surface area contributed by atoms with Gasteiger partial charge in [0.1, 0.15) is 0 Å². The van der Waals surface area contributed by atoms with Gasteiger partial charge in [-0.15, -0.1) is 5.10 Å². The minimum atomic E-state index is 0.199. The van der Waals surface area contributed by atoms with Gasteiger partial charge in [-0.1, -0.05) is 24.5 Å². The molecule has 1 saturated heterocycles. The van der Waals surface area contributed by atoms with Crippen molar-refractivity contribution in [1.29, 1.82) is 0 Å². The lowest BCUT2D eigenvalue weighted by Gasteiger charge is -2.41.